The summed E-state index contributed by atoms with van der Waals surface area (Å²) in [6, 6.07) is 5.88. The van der Waals surface area contributed by atoms with E-state index in [0.29, 0.717) is 0 Å². The quantitative estimate of drug-likeness (QED) is 0.857. The maximum atomic E-state index is 4.51. The largest absolute Gasteiger partial charge is 0.311 e. The van der Waals surface area contributed by atoms with Gasteiger partial charge in [0.2, 0.25) is 0 Å². The van der Waals surface area contributed by atoms with E-state index in [1.165, 1.54) is 0 Å². The minimum atomic E-state index is 0.833. The van der Waals surface area contributed by atoms with E-state index in [0.717, 1.165) is 29.5 Å². The molecule has 0 unspecified atom stereocenters. The van der Waals surface area contributed by atoms with E-state index >= 15 is 0 Å². The van der Waals surface area contributed by atoms with E-state index in [9.17, 15) is 0 Å². The van der Waals surface area contributed by atoms with Crippen LogP contribution in [0.4, 0.5) is 0 Å². The van der Waals surface area contributed by atoms with Gasteiger partial charge in [0.1, 0.15) is 5.01 Å². The smallest absolute Gasteiger partial charge is 0.142 e. The predicted molar refractivity (Wildman–Crippen MR) is 62.7 cm³/mol. The molecule has 2 aromatic heterocycles. The molecule has 0 saturated heterocycles. The third-order valence-electron chi connectivity index (χ3n) is 1.99. The fraction of sp³-hybridized carbons (Fsp3) is 0.273. The topological polar surface area (TPSA) is 37.8 Å². The average molecular weight is 219 g/mol. The minimum Gasteiger partial charge on any atom is -0.311 e. The van der Waals surface area contributed by atoms with Crippen LogP contribution in [0.25, 0.3) is 10.7 Å². The Bertz CT molecular complexity index is 411. The van der Waals surface area contributed by atoms with E-state index in [-0.39, 0.29) is 0 Å². The van der Waals surface area contributed by atoms with Crippen LogP contribution in [-0.4, -0.2) is 16.5 Å². The van der Waals surface area contributed by atoms with E-state index < -0.39 is 0 Å². The van der Waals surface area contributed by atoms with Gasteiger partial charge in [0, 0.05) is 18.1 Å². The monoisotopic (exact) mass is 219 g/mol. The zero-order valence-corrected chi connectivity index (χ0v) is 9.42. The van der Waals surface area contributed by atoms with Crippen LogP contribution >= 0.6 is 11.3 Å². The molecular weight excluding hydrogens is 206 g/mol. The molecule has 0 saturated carbocycles. The Balaban J connectivity index is 2.14. The molecule has 0 aliphatic carbocycles. The second-order valence-electron chi connectivity index (χ2n) is 3.14. The van der Waals surface area contributed by atoms with Gasteiger partial charge in [-0.25, -0.2) is 4.98 Å². The van der Waals surface area contributed by atoms with Gasteiger partial charge in [-0.05, 0) is 18.7 Å². The number of thiazole rings is 1. The summed E-state index contributed by atoms with van der Waals surface area (Å²) in [5, 5.41) is 6.32. The summed E-state index contributed by atoms with van der Waals surface area (Å²) in [5.41, 5.74) is 2.03. The van der Waals surface area contributed by atoms with Crippen LogP contribution < -0.4 is 5.32 Å². The molecule has 0 fully saturated rings. The Morgan fingerprint density at radius 3 is 3.07 bits per heavy atom. The summed E-state index contributed by atoms with van der Waals surface area (Å²) in [6.07, 6.45) is 1.79. The molecule has 2 aromatic rings. The number of rotatable bonds is 4. The maximum absolute atomic E-state index is 4.51. The molecule has 0 spiro atoms. The lowest BCUT2D eigenvalue weighted by Crippen LogP contribution is -2.11. The lowest BCUT2D eigenvalue weighted by atomic mass is 10.4. The van der Waals surface area contributed by atoms with Gasteiger partial charge in [-0.3, -0.25) is 4.98 Å². The number of nitrogens with one attached hydrogen (secondary N) is 1. The predicted octanol–water partition coefficient (Wildman–Crippen LogP) is 2.31. The van der Waals surface area contributed by atoms with Gasteiger partial charge in [0.05, 0.1) is 11.4 Å². The molecule has 0 atom stereocenters. The van der Waals surface area contributed by atoms with Crippen molar-refractivity contribution in [1.82, 2.24) is 15.3 Å². The lowest BCUT2D eigenvalue weighted by Gasteiger charge is -1.96. The van der Waals surface area contributed by atoms with Crippen LogP contribution in [0, 0.1) is 0 Å². The molecule has 0 amide bonds. The van der Waals surface area contributed by atoms with Crippen molar-refractivity contribution in [3.05, 3.63) is 35.5 Å². The SMILES string of the molecule is CCNCc1csc(-c2ccccn2)n1. The fourth-order valence-electron chi connectivity index (χ4n) is 1.25. The number of nitrogens with zero attached hydrogens (tertiary/aromatic N) is 2. The van der Waals surface area contributed by atoms with Crippen molar-refractivity contribution in [3.8, 4) is 10.7 Å². The zero-order valence-electron chi connectivity index (χ0n) is 8.60. The van der Waals surface area contributed by atoms with Crippen molar-refractivity contribution in [2.75, 3.05) is 6.54 Å². The Kier molecular flexibility index (Phi) is 3.42. The molecule has 0 aromatic carbocycles. The van der Waals surface area contributed by atoms with Gasteiger partial charge in [-0.2, -0.15) is 0 Å². The van der Waals surface area contributed by atoms with Gasteiger partial charge in [0.15, 0.2) is 0 Å². The Morgan fingerprint density at radius 1 is 1.40 bits per heavy atom. The van der Waals surface area contributed by atoms with E-state index in [1.807, 2.05) is 18.2 Å². The first-order valence-electron chi connectivity index (χ1n) is 4.96. The zero-order chi connectivity index (χ0) is 10.5. The summed E-state index contributed by atoms with van der Waals surface area (Å²) < 4.78 is 0. The van der Waals surface area contributed by atoms with Gasteiger partial charge in [-0.15, -0.1) is 11.3 Å². The first kappa shape index (κ1) is 10.3. The Morgan fingerprint density at radius 2 is 2.33 bits per heavy atom. The molecule has 1 N–H and O–H groups in total. The summed E-state index contributed by atoms with van der Waals surface area (Å²) in [7, 11) is 0. The van der Waals surface area contributed by atoms with Gasteiger partial charge in [0.25, 0.3) is 0 Å². The van der Waals surface area contributed by atoms with Crippen molar-refractivity contribution >= 4 is 11.3 Å². The van der Waals surface area contributed by atoms with Crippen LogP contribution in [0.5, 0.6) is 0 Å². The Hall–Kier alpha value is -1.26. The maximum Gasteiger partial charge on any atom is 0.142 e. The van der Waals surface area contributed by atoms with Crippen LogP contribution in [0.1, 0.15) is 12.6 Å². The molecule has 3 nitrogen and oxygen atoms in total. The molecule has 0 bridgehead atoms. The van der Waals surface area contributed by atoms with E-state index in [4.69, 9.17) is 0 Å². The standard InChI is InChI=1S/C11H13N3S/c1-2-12-7-9-8-15-11(14-9)10-5-3-4-6-13-10/h3-6,8,12H,2,7H2,1H3. The summed E-state index contributed by atoms with van der Waals surface area (Å²) in [5.74, 6) is 0. The summed E-state index contributed by atoms with van der Waals surface area (Å²) >= 11 is 1.64. The molecular formula is C11H13N3S. The molecule has 0 radical (unpaired) electrons. The lowest BCUT2D eigenvalue weighted by molar-refractivity contribution is 0.714. The van der Waals surface area contributed by atoms with Crippen LogP contribution in [0.3, 0.4) is 0 Å². The number of pyridine rings is 1. The third-order valence-corrected chi connectivity index (χ3v) is 2.91. The molecule has 0 aliphatic heterocycles. The Labute approximate surface area is 93.2 Å². The number of hydrogen-bond donors (Lipinski definition) is 1. The van der Waals surface area contributed by atoms with Crippen molar-refractivity contribution in [2.24, 2.45) is 0 Å². The normalized spacial score (nSPS) is 10.5. The van der Waals surface area contributed by atoms with Crippen molar-refractivity contribution in [3.63, 3.8) is 0 Å². The van der Waals surface area contributed by atoms with Gasteiger partial charge >= 0.3 is 0 Å². The second-order valence-corrected chi connectivity index (χ2v) is 4.00. The number of aromatic nitrogens is 2. The fourth-order valence-corrected chi connectivity index (χ4v) is 2.04. The van der Waals surface area contributed by atoms with E-state index in [1.54, 1.807) is 17.5 Å². The minimum absolute atomic E-state index is 0.833. The van der Waals surface area contributed by atoms with Gasteiger partial charge in [-0.1, -0.05) is 13.0 Å². The highest BCUT2D eigenvalue weighted by atomic mass is 32.1. The third kappa shape index (κ3) is 2.61. The van der Waals surface area contributed by atoms with Crippen LogP contribution in [0.2, 0.25) is 0 Å². The van der Waals surface area contributed by atoms with Crippen LogP contribution in [0.15, 0.2) is 29.8 Å². The average Bonchev–Trinajstić information content (AvgIpc) is 2.76. The van der Waals surface area contributed by atoms with Crippen LogP contribution in [-0.2, 0) is 6.54 Å². The first-order valence-corrected chi connectivity index (χ1v) is 5.84. The van der Waals surface area contributed by atoms with Crippen molar-refractivity contribution in [2.45, 2.75) is 13.5 Å². The summed E-state index contributed by atoms with van der Waals surface area (Å²) in [4.78, 5) is 8.78. The molecule has 78 valence electrons. The highest BCUT2D eigenvalue weighted by Crippen LogP contribution is 2.20. The molecule has 2 rings (SSSR count). The second kappa shape index (κ2) is 5.00. The number of hydrogen-bond acceptors (Lipinski definition) is 4. The van der Waals surface area contributed by atoms with E-state index in [2.05, 4.69) is 27.6 Å². The molecule has 0 aliphatic rings. The first-order chi connectivity index (χ1) is 7.40. The highest BCUT2D eigenvalue weighted by molar-refractivity contribution is 7.13. The molecule has 2 heterocycles. The summed E-state index contributed by atoms with van der Waals surface area (Å²) in [6.45, 7) is 3.89. The molecule has 4 heteroatoms. The van der Waals surface area contributed by atoms with Crippen molar-refractivity contribution in [1.29, 1.82) is 0 Å². The van der Waals surface area contributed by atoms with Gasteiger partial charge < -0.3 is 5.32 Å². The van der Waals surface area contributed by atoms with Crippen molar-refractivity contribution < 1.29 is 0 Å². The highest BCUT2D eigenvalue weighted by Gasteiger charge is 2.04. The molecule has 15 heavy (non-hydrogen) atoms.